The summed E-state index contributed by atoms with van der Waals surface area (Å²) in [7, 11) is 0. The van der Waals surface area contributed by atoms with Crippen LogP contribution in [0.1, 0.15) is 16.7 Å². The first-order valence-electron chi connectivity index (χ1n) is 5.30. The Morgan fingerprint density at radius 1 is 1.41 bits per heavy atom. The molecule has 0 heterocycles. The Labute approximate surface area is 101 Å². The summed E-state index contributed by atoms with van der Waals surface area (Å²) in [5.41, 5.74) is 2.82. The quantitative estimate of drug-likeness (QED) is 0.627. The fraction of sp³-hybridized carbons (Fsp3) is 0.214. The van der Waals surface area contributed by atoms with Gasteiger partial charge in [0, 0.05) is 6.08 Å². The fourth-order valence-electron chi connectivity index (χ4n) is 1.62. The Hall–Kier alpha value is -2.03. The van der Waals surface area contributed by atoms with Gasteiger partial charge in [0.1, 0.15) is 12.4 Å². The van der Waals surface area contributed by atoms with Gasteiger partial charge in [0.2, 0.25) is 0 Å². The number of carboxylic acid groups (broad SMARTS) is 1. The average molecular weight is 232 g/mol. The molecule has 1 aromatic rings. The van der Waals surface area contributed by atoms with Crippen LogP contribution in [0.4, 0.5) is 0 Å². The van der Waals surface area contributed by atoms with Crippen molar-refractivity contribution in [2.75, 3.05) is 6.61 Å². The van der Waals surface area contributed by atoms with Crippen LogP contribution in [0.25, 0.3) is 6.08 Å². The number of hydrogen-bond donors (Lipinski definition) is 1. The lowest BCUT2D eigenvalue weighted by molar-refractivity contribution is -0.131. The zero-order valence-corrected chi connectivity index (χ0v) is 10.1. The van der Waals surface area contributed by atoms with Crippen LogP contribution >= 0.6 is 0 Å². The first-order chi connectivity index (χ1) is 8.04. The molecule has 0 aliphatic carbocycles. The Bertz CT molecular complexity index is 436. The zero-order valence-electron chi connectivity index (χ0n) is 10.1. The SMILES string of the molecule is C=CCOc1c(C)cc(/C=C/C(=O)O)cc1C. The van der Waals surface area contributed by atoms with E-state index < -0.39 is 5.97 Å². The molecule has 90 valence electrons. The first-order valence-corrected chi connectivity index (χ1v) is 5.30. The van der Waals surface area contributed by atoms with Crippen molar-refractivity contribution in [2.24, 2.45) is 0 Å². The monoisotopic (exact) mass is 232 g/mol. The minimum Gasteiger partial charge on any atom is -0.489 e. The minimum atomic E-state index is -0.952. The summed E-state index contributed by atoms with van der Waals surface area (Å²) in [5, 5.41) is 8.56. The molecule has 0 bridgehead atoms. The first kappa shape index (κ1) is 13.0. The zero-order chi connectivity index (χ0) is 12.8. The molecule has 0 saturated carbocycles. The fourth-order valence-corrected chi connectivity index (χ4v) is 1.62. The second-order valence-corrected chi connectivity index (χ2v) is 3.76. The smallest absolute Gasteiger partial charge is 0.328 e. The van der Waals surface area contributed by atoms with E-state index in [-0.39, 0.29) is 0 Å². The number of aliphatic carboxylic acids is 1. The lowest BCUT2D eigenvalue weighted by atomic mass is 10.1. The van der Waals surface area contributed by atoms with Crippen LogP contribution < -0.4 is 4.74 Å². The van der Waals surface area contributed by atoms with Gasteiger partial charge in [-0.2, -0.15) is 0 Å². The molecule has 0 saturated heterocycles. The van der Waals surface area contributed by atoms with Crippen LogP contribution in [-0.2, 0) is 4.79 Å². The summed E-state index contributed by atoms with van der Waals surface area (Å²) in [6.45, 7) is 7.93. The third-order valence-corrected chi connectivity index (χ3v) is 2.25. The molecule has 0 aromatic heterocycles. The number of ether oxygens (including phenoxy) is 1. The van der Waals surface area contributed by atoms with Gasteiger partial charge in [-0.1, -0.05) is 12.7 Å². The summed E-state index contributed by atoms with van der Waals surface area (Å²) in [6.07, 6.45) is 4.38. The molecule has 0 aliphatic rings. The molecule has 1 aromatic carbocycles. The van der Waals surface area contributed by atoms with E-state index in [9.17, 15) is 4.79 Å². The molecule has 1 rings (SSSR count). The molecule has 3 nitrogen and oxygen atoms in total. The van der Waals surface area contributed by atoms with Gasteiger partial charge in [-0.05, 0) is 48.7 Å². The van der Waals surface area contributed by atoms with E-state index in [1.807, 2.05) is 26.0 Å². The van der Waals surface area contributed by atoms with Gasteiger partial charge in [0.15, 0.2) is 0 Å². The minimum absolute atomic E-state index is 0.464. The Balaban J connectivity index is 3.00. The van der Waals surface area contributed by atoms with E-state index in [1.54, 1.807) is 12.2 Å². The molecular weight excluding hydrogens is 216 g/mol. The summed E-state index contributed by atoms with van der Waals surface area (Å²) >= 11 is 0. The van der Waals surface area contributed by atoms with Crippen molar-refractivity contribution in [3.8, 4) is 5.75 Å². The van der Waals surface area contributed by atoms with Crippen LogP contribution in [0, 0.1) is 13.8 Å². The topological polar surface area (TPSA) is 46.5 Å². The third kappa shape index (κ3) is 3.79. The second kappa shape index (κ2) is 5.89. The van der Waals surface area contributed by atoms with Crippen molar-refractivity contribution in [2.45, 2.75) is 13.8 Å². The second-order valence-electron chi connectivity index (χ2n) is 3.76. The van der Waals surface area contributed by atoms with E-state index in [0.29, 0.717) is 6.61 Å². The molecule has 0 spiro atoms. The number of hydrogen-bond acceptors (Lipinski definition) is 2. The largest absolute Gasteiger partial charge is 0.489 e. The highest BCUT2D eigenvalue weighted by molar-refractivity contribution is 5.85. The standard InChI is InChI=1S/C14H16O3/c1-4-7-17-14-10(2)8-12(9-11(14)3)5-6-13(15)16/h4-6,8-9H,1,7H2,2-3H3,(H,15,16)/b6-5+. The van der Waals surface area contributed by atoms with Crippen molar-refractivity contribution in [1.82, 2.24) is 0 Å². The van der Waals surface area contributed by atoms with E-state index in [4.69, 9.17) is 9.84 Å². The Morgan fingerprint density at radius 2 is 2.00 bits per heavy atom. The Morgan fingerprint density at radius 3 is 2.47 bits per heavy atom. The number of carbonyl (C=O) groups is 1. The highest BCUT2D eigenvalue weighted by Gasteiger charge is 2.04. The molecule has 3 heteroatoms. The van der Waals surface area contributed by atoms with Gasteiger partial charge < -0.3 is 9.84 Å². The molecule has 1 N–H and O–H groups in total. The van der Waals surface area contributed by atoms with E-state index in [2.05, 4.69) is 6.58 Å². The molecule has 0 fully saturated rings. The maximum Gasteiger partial charge on any atom is 0.328 e. The van der Waals surface area contributed by atoms with Crippen LogP contribution in [0.15, 0.2) is 30.9 Å². The number of carboxylic acids is 1. The van der Waals surface area contributed by atoms with Gasteiger partial charge in [-0.3, -0.25) is 0 Å². The lowest BCUT2D eigenvalue weighted by Crippen LogP contribution is -1.98. The van der Waals surface area contributed by atoms with Crippen LogP contribution in [0.2, 0.25) is 0 Å². The lowest BCUT2D eigenvalue weighted by Gasteiger charge is -2.11. The molecule has 0 radical (unpaired) electrons. The summed E-state index contributed by atoms with van der Waals surface area (Å²) in [6, 6.07) is 3.79. The summed E-state index contributed by atoms with van der Waals surface area (Å²) in [5.74, 6) is -0.121. The van der Waals surface area contributed by atoms with E-state index >= 15 is 0 Å². The number of rotatable bonds is 5. The molecular formula is C14H16O3. The summed E-state index contributed by atoms with van der Waals surface area (Å²) in [4.78, 5) is 10.4. The van der Waals surface area contributed by atoms with Gasteiger partial charge in [-0.25, -0.2) is 4.79 Å². The predicted octanol–water partition coefficient (Wildman–Crippen LogP) is 2.97. The number of aryl methyl sites for hydroxylation is 2. The van der Waals surface area contributed by atoms with E-state index in [1.165, 1.54) is 0 Å². The van der Waals surface area contributed by atoms with Crippen molar-refractivity contribution in [1.29, 1.82) is 0 Å². The average Bonchev–Trinajstić information content (AvgIpc) is 2.25. The van der Waals surface area contributed by atoms with Crippen molar-refractivity contribution in [3.05, 3.63) is 47.6 Å². The van der Waals surface area contributed by atoms with E-state index in [0.717, 1.165) is 28.5 Å². The maximum absolute atomic E-state index is 10.4. The predicted molar refractivity (Wildman–Crippen MR) is 68.3 cm³/mol. The molecule has 0 unspecified atom stereocenters. The third-order valence-electron chi connectivity index (χ3n) is 2.25. The van der Waals surface area contributed by atoms with Crippen molar-refractivity contribution < 1.29 is 14.6 Å². The highest BCUT2D eigenvalue weighted by Crippen LogP contribution is 2.25. The molecule has 0 aliphatic heterocycles. The van der Waals surface area contributed by atoms with Crippen LogP contribution in [-0.4, -0.2) is 17.7 Å². The van der Waals surface area contributed by atoms with Crippen LogP contribution in [0.3, 0.4) is 0 Å². The van der Waals surface area contributed by atoms with Gasteiger partial charge >= 0.3 is 5.97 Å². The van der Waals surface area contributed by atoms with Gasteiger partial charge in [-0.15, -0.1) is 0 Å². The van der Waals surface area contributed by atoms with Gasteiger partial charge in [0.05, 0.1) is 0 Å². The summed E-state index contributed by atoms with van der Waals surface area (Å²) < 4.78 is 5.54. The Kier molecular flexibility index (Phi) is 4.52. The van der Waals surface area contributed by atoms with Crippen molar-refractivity contribution in [3.63, 3.8) is 0 Å². The van der Waals surface area contributed by atoms with Gasteiger partial charge in [0.25, 0.3) is 0 Å². The maximum atomic E-state index is 10.4. The normalized spacial score (nSPS) is 10.5. The number of benzene rings is 1. The highest BCUT2D eigenvalue weighted by atomic mass is 16.5. The molecule has 0 amide bonds. The molecule has 0 atom stereocenters. The van der Waals surface area contributed by atoms with Crippen LogP contribution in [0.5, 0.6) is 5.75 Å². The van der Waals surface area contributed by atoms with Crippen molar-refractivity contribution >= 4 is 12.0 Å². The molecule has 17 heavy (non-hydrogen) atoms.